The number of carbonyl (C=O) groups is 2. The van der Waals surface area contributed by atoms with Gasteiger partial charge in [0.05, 0.1) is 12.2 Å². The largest absolute Gasteiger partial charge is 0.493 e. The fourth-order valence-corrected chi connectivity index (χ4v) is 3.43. The molecule has 6 heteroatoms. The summed E-state index contributed by atoms with van der Waals surface area (Å²) in [5.41, 5.74) is 6.55. The maximum atomic E-state index is 12.5. The maximum absolute atomic E-state index is 12.5. The van der Waals surface area contributed by atoms with Crippen molar-refractivity contribution in [2.75, 3.05) is 19.7 Å². The zero-order chi connectivity index (χ0) is 18.9. The first-order valence-corrected chi connectivity index (χ1v) is 9.59. The number of nitrogens with zero attached hydrogens (tertiary/aromatic N) is 1. The van der Waals surface area contributed by atoms with Gasteiger partial charge in [0.25, 0.3) is 5.91 Å². The molecule has 2 amide bonds. The Morgan fingerprint density at radius 2 is 2.12 bits per heavy atom. The third-order valence-corrected chi connectivity index (χ3v) is 4.76. The Morgan fingerprint density at radius 1 is 1.35 bits per heavy atom. The molecule has 3 N–H and O–H groups in total. The van der Waals surface area contributed by atoms with E-state index in [0.29, 0.717) is 37.3 Å². The Kier molecular flexibility index (Phi) is 7.91. The predicted molar refractivity (Wildman–Crippen MR) is 102 cm³/mol. The predicted octanol–water partition coefficient (Wildman–Crippen LogP) is 2.32. The van der Waals surface area contributed by atoms with Gasteiger partial charge in [-0.3, -0.25) is 9.59 Å². The second-order valence-electron chi connectivity index (χ2n) is 6.80. The van der Waals surface area contributed by atoms with Crippen LogP contribution in [0.2, 0.25) is 0 Å². The minimum absolute atomic E-state index is 0.00554. The molecule has 1 fully saturated rings. The summed E-state index contributed by atoms with van der Waals surface area (Å²) in [5.74, 6) is 0.542. The van der Waals surface area contributed by atoms with Gasteiger partial charge in [0.2, 0.25) is 5.91 Å². The van der Waals surface area contributed by atoms with E-state index in [9.17, 15) is 9.59 Å². The molecule has 2 rings (SSSR count). The number of nitrogens with two attached hydrogens (primary N) is 1. The number of rotatable bonds is 8. The molecule has 0 aromatic heterocycles. The van der Waals surface area contributed by atoms with E-state index in [0.717, 1.165) is 25.8 Å². The van der Waals surface area contributed by atoms with E-state index in [1.165, 1.54) is 0 Å². The monoisotopic (exact) mass is 361 g/mol. The van der Waals surface area contributed by atoms with E-state index in [4.69, 9.17) is 10.5 Å². The molecule has 0 spiro atoms. The average Bonchev–Trinajstić information content (AvgIpc) is 2.65. The Labute approximate surface area is 156 Å². The summed E-state index contributed by atoms with van der Waals surface area (Å²) in [4.78, 5) is 26.8. The maximum Gasteiger partial charge on any atom is 0.255 e. The molecule has 1 aromatic rings. The van der Waals surface area contributed by atoms with Crippen molar-refractivity contribution in [3.8, 4) is 5.75 Å². The lowest BCUT2D eigenvalue weighted by Crippen LogP contribution is -2.51. The van der Waals surface area contributed by atoms with Crippen molar-refractivity contribution in [1.82, 2.24) is 10.2 Å². The third kappa shape index (κ3) is 5.46. The van der Waals surface area contributed by atoms with E-state index in [-0.39, 0.29) is 23.9 Å². The standard InChI is InChI=1S/C20H31N3O3/c1-3-26-18-11-5-4-9-16(18)20(25)22-13-8-12-19(24)23-14-7-6-10-17(23)15(2)21/h4-5,9,11,15,17H,3,6-8,10,12-14,21H2,1-2H3,(H,22,25). The van der Waals surface area contributed by atoms with Crippen molar-refractivity contribution < 1.29 is 14.3 Å². The number of carbonyl (C=O) groups excluding carboxylic acids is 2. The van der Waals surface area contributed by atoms with Crippen LogP contribution < -0.4 is 15.8 Å². The molecule has 0 aliphatic carbocycles. The lowest BCUT2D eigenvalue weighted by atomic mass is 9.96. The fraction of sp³-hybridized carbons (Fsp3) is 0.600. The molecule has 26 heavy (non-hydrogen) atoms. The van der Waals surface area contributed by atoms with Gasteiger partial charge in [0, 0.05) is 31.6 Å². The van der Waals surface area contributed by atoms with Gasteiger partial charge < -0.3 is 20.7 Å². The van der Waals surface area contributed by atoms with Gasteiger partial charge in [-0.05, 0) is 51.7 Å². The topological polar surface area (TPSA) is 84.7 Å². The first-order valence-electron chi connectivity index (χ1n) is 9.59. The second kappa shape index (κ2) is 10.2. The van der Waals surface area contributed by atoms with E-state index < -0.39 is 0 Å². The Bertz CT molecular complexity index is 604. The van der Waals surface area contributed by atoms with Crippen LogP contribution in [-0.2, 0) is 4.79 Å². The van der Waals surface area contributed by atoms with E-state index in [2.05, 4.69) is 5.32 Å². The fourth-order valence-electron chi connectivity index (χ4n) is 3.43. The summed E-state index contributed by atoms with van der Waals surface area (Å²) in [7, 11) is 0. The van der Waals surface area contributed by atoms with Crippen LogP contribution in [0, 0.1) is 0 Å². The molecular weight excluding hydrogens is 330 g/mol. The minimum atomic E-state index is -0.173. The van der Waals surface area contributed by atoms with Gasteiger partial charge in [-0.15, -0.1) is 0 Å². The zero-order valence-electron chi connectivity index (χ0n) is 15.9. The molecule has 0 saturated carbocycles. The van der Waals surface area contributed by atoms with Crippen molar-refractivity contribution in [2.24, 2.45) is 5.73 Å². The number of nitrogens with one attached hydrogen (secondary N) is 1. The number of ether oxygens (including phenoxy) is 1. The summed E-state index contributed by atoms with van der Waals surface area (Å²) in [5, 5.41) is 2.88. The van der Waals surface area contributed by atoms with Gasteiger partial charge in [0.15, 0.2) is 0 Å². The van der Waals surface area contributed by atoms with Crippen molar-refractivity contribution in [2.45, 2.75) is 58.0 Å². The summed E-state index contributed by atoms with van der Waals surface area (Å²) >= 11 is 0. The minimum Gasteiger partial charge on any atom is -0.493 e. The average molecular weight is 361 g/mol. The highest BCUT2D eigenvalue weighted by atomic mass is 16.5. The van der Waals surface area contributed by atoms with E-state index >= 15 is 0 Å². The number of hydrogen-bond acceptors (Lipinski definition) is 4. The van der Waals surface area contributed by atoms with Crippen molar-refractivity contribution in [1.29, 1.82) is 0 Å². The van der Waals surface area contributed by atoms with Crippen LogP contribution >= 0.6 is 0 Å². The molecule has 1 heterocycles. The summed E-state index contributed by atoms with van der Waals surface area (Å²) in [6.07, 6.45) is 4.19. The van der Waals surface area contributed by atoms with E-state index in [1.807, 2.05) is 30.9 Å². The molecule has 1 aliphatic heterocycles. The molecular formula is C20H31N3O3. The van der Waals surface area contributed by atoms with Crippen LogP contribution in [0.4, 0.5) is 0 Å². The van der Waals surface area contributed by atoms with Crippen molar-refractivity contribution in [3.63, 3.8) is 0 Å². The van der Waals surface area contributed by atoms with Crippen molar-refractivity contribution >= 4 is 11.8 Å². The quantitative estimate of drug-likeness (QED) is 0.696. The number of amides is 2. The number of para-hydroxylation sites is 1. The van der Waals surface area contributed by atoms with Gasteiger partial charge in [-0.2, -0.15) is 0 Å². The summed E-state index contributed by atoms with van der Waals surface area (Å²) in [6, 6.07) is 7.32. The normalized spacial score (nSPS) is 18.3. The third-order valence-electron chi connectivity index (χ3n) is 4.76. The molecule has 0 bridgehead atoms. The lowest BCUT2D eigenvalue weighted by Gasteiger charge is -2.38. The molecule has 1 aliphatic rings. The molecule has 1 saturated heterocycles. The van der Waals surface area contributed by atoms with Crippen LogP contribution in [0.15, 0.2) is 24.3 Å². The highest BCUT2D eigenvalue weighted by Crippen LogP contribution is 2.20. The van der Waals surface area contributed by atoms with Crippen LogP contribution in [-0.4, -0.2) is 48.5 Å². The van der Waals surface area contributed by atoms with Gasteiger partial charge in [0.1, 0.15) is 5.75 Å². The molecule has 144 valence electrons. The smallest absolute Gasteiger partial charge is 0.255 e. The summed E-state index contributed by atoms with van der Waals surface area (Å²) in [6.45, 7) is 5.61. The molecule has 0 radical (unpaired) electrons. The molecule has 2 unspecified atom stereocenters. The van der Waals surface area contributed by atoms with Crippen LogP contribution in [0.3, 0.4) is 0 Å². The second-order valence-corrected chi connectivity index (χ2v) is 6.80. The number of hydrogen-bond donors (Lipinski definition) is 2. The van der Waals surface area contributed by atoms with E-state index in [1.54, 1.807) is 12.1 Å². The number of piperidine rings is 1. The number of likely N-dealkylation sites (tertiary alicyclic amines) is 1. The molecule has 1 aromatic carbocycles. The van der Waals surface area contributed by atoms with Gasteiger partial charge in [-0.25, -0.2) is 0 Å². The first-order chi connectivity index (χ1) is 12.5. The van der Waals surface area contributed by atoms with Crippen LogP contribution in [0.25, 0.3) is 0 Å². The number of benzene rings is 1. The Morgan fingerprint density at radius 3 is 2.85 bits per heavy atom. The highest BCUT2D eigenvalue weighted by molar-refractivity contribution is 5.96. The summed E-state index contributed by atoms with van der Waals surface area (Å²) < 4.78 is 5.48. The van der Waals surface area contributed by atoms with Crippen molar-refractivity contribution in [3.05, 3.63) is 29.8 Å². The zero-order valence-corrected chi connectivity index (χ0v) is 15.9. The molecule has 6 nitrogen and oxygen atoms in total. The Hall–Kier alpha value is -2.08. The van der Waals surface area contributed by atoms with Crippen LogP contribution in [0.5, 0.6) is 5.75 Å². The van der Waals surface area contributed by atoms with Crippen LogP contribution in [0.1, 0.15) is 56.3 Å². The van der Waals surface area contributed by atoms with Gasteiger partial charge >= 0.3 is 0 Å². The SMILES string of the molecule is CCOc1ccccc1C(=O)NCCCC(=O)N1CCCCC1C(C)N. The highest BCUT2D eigenvalue weighted by Gasteiger charge is 2.28. The Balaban J connectivity index is 1.79. The molecule has 2 atom stereocenters. The first kappa shape index (κ1) is 20.2. The lowest BCUT2D eigenvalue weighted by molar-refractivity contribution is -0.135. The van der Waals surface area contributed by atoms with Gasteiger partial charge in [-0.1, -0.05) is 12.1 Å².